The van der Waals surface area contributed by atoms with E-state index in [0.29, 0.717) is 17.1 Å². The summed E-state index contributed by atoms with van der Waals surface area (Å²) in [6.07, 6.45) is 0. The minimum Gasteiger partial charge on any atom is -0.397 e. The monoisotopic (exact) mass is 279 g/mol. The van der Waals surface area contributed by atoms with Gasteiger partial charge < -0.3 is 11.5 Å². The molecule has 0 fully saturated rings. The molecule has 0 aromatic heterocycles. The van der Waals surface area contributed by atoms with Gasteiger partial charge in [-0.3, -0.25) is 14.3 Å². The summed E-state index contributed by atoms with van der Waals surface area (Å²) in [6.45, 7) is 7.16. The van der Waals surface area contributed by atoms with Gasteiger partial charge in [-0.2, -0.15) is 0 Å². The maximum absolute atomic E-state index is 12.6. The Morgan fingerprint density at radius 2 is 1.74 bits per heavy atom. The highest BCUT2D eigenvalue weighted by atomic mass is 31.1. The molecule has 5 nitrogen and oxygen atoms in total. The molecule has 4 N–H and O–H groups in total. The van der Waals surface area contributed by atoms with Crippen molar-refractivity contribution in [3.8, 4) is 0 Å². The molecule has 1 amide bonds. The van der Waals surface area contributed by atoms with Crippen molar-refractivity contribution in [2.75, 3.05) is 16.4 Å². The van der Waals surface area contributed by atoms with Gasteiger partial charge in [-0.05, 0) is 45.4 Å². The number of carbonyl (C=O) groups is 1. The van der Waals surface area contributed by atoms with E-state index in [-0.39, 0.29) is 14.4 Å². The fourth-order valence-corrected chi connectivity index (χ4v) is 2.68. The number of amides is 1. The molecule has 6 heteroatoms. The lowest BCUT2D eigenvalue weighted by Crippen LogP contribution is -2.46. The van der Waals surface area contributed by atoms with Gasteiger partial charge in [0.1, 0.15) is 5.28 Å². The van der Waals surface area contributed by atoms with Crippen LogP contribution in [-0.4, -0.2) is 11.2 Å². The summed E-state index contributed by atoms with van der Waals surface area (Å²) in [5, 5.41) is -0.817. The highest BCUT2D eigenvalue weighted by molar-refractivity contribution is 7.26. The number of rotatable bonds is 2. The fourth-order valence-electron chi connectivity index (χ4n) is 2.39. The van der Waals surface area contributed by atoms with Crippen LogP contribution >= 0.6 is 8.46 Å². The molecule has 0 saturated carbocycles. The Morgan fingerprint density at radius 3 is 2.26 bits per heavy atom. The molecule has 0 radical (unpaired) electrons. The minimum atomic E-state index is -0.817. The topological polar surface area (TPSA) is 89.4 Å². The standard InChI is InChI=1S/C13H18N3O2P/c1-12(2)7-5-8(14)9(15)6-10(7)16(11(12)17)13(3,4)19-18/h5-6H,14-15H2,1-4H3. The van der Waals surface area contributed by atoms with Crippen molar-refractivity contribution in [1.29, 1.82) is 0 Å². The lowest BCUT2D eigenvalue weighted by atomic mass is 9.86. The number of hydrogen-bond acceptors (Lipinski definition) is 4. The van der Waals surface area contributed by atoms with Gasteiger partial charge >= 0.3 is 0 Å². The number of nitrogen functional groups attached to an aromatic ring is 2. The molecule has 0 atom stereocenters. The molecule has 0 unspecified atom stereocenters. The molecule has 1 aliphatic heterocycles. The van der Waals surface area contributed by atoms with Gasteiger partial charge in [0.2, 0.25) is 5.91 Å². The zero-order valence-corrected chi connectivity index (χ0v) is 12.4. The molecule has 2 rings (SSSR count). The predicted molar refractivity (Wildman–Crippen MR) is 77.5 cm³/mol. The van der Waals surface area contributed by atoms with Gasteiger partial charge in [-0.25, -0.2) is 0 Å². The summed E-state index contributed by atoms with van der Waals surface area (Å²) >= 11 is 0. The van der Waals surface area contributed by atoms with Crippen molar-refractivity contribution in [2.45, 2.75) is 38.4 Å². The first-order chi connectivity index (χ1) is 8.63. The third kappa shape index (κ3) is 1.80. The molecular weight excluding hydrogens is 261 g/mol. The summed E-state index contributed by atoms with van der Waals surface area (Å²) in [5.41, 5.74) is 13.4. The SMILES string of the molecule is CC1(C)C(=O)N(C(C)(C)P=O)c2cc(N)c(N)cc21. The summed E-state index contributed by atoms with van der Waals surface area (Å²) in [6, 6.07) is 3.42. The van der Waals surface area contributed by atoms with Crippen LogP contribution in [0.5, 0.6) is 0 Å². The van der Waals surface area contributed by atoms with Crippen LogP contribution in [0.3, 0.4) is 0 Å². The van der Waals surface area contributed by atoms with Crippen LogP contribution in [-0.2, 0) is 14.8 Å². The van der Waals surface area contributed by atoms with Crippen molar-refractivity contribution in [2.24, 2.45) is 0 Å². The van der Waals surface area contributed by atoms with Gasteiger partial charge in [0.05, 0.1) is 22.5 Å². The molecule has 0 saturated heterocycles. The second-order valence-electron chi connectivity index (χ2n) is 5.85. The molecule has 0 spiro atoms. The highest BCUT2D eigenvalue weighted by Gasteiger charge is 2.49. The van der Waals surface area contributed by atoms with Crippen LogP contribution in [0.1, 0.15) is 33.3 Å². The Kier molecular flexibility index (Phi) is 2.86. The number of benzene rings is 1. The van der Waals surface area contributed by atoms with E-state index in [9.17, 15) is 9.36 Å². The smallest absolute Gasteiger partial charge is 0.238 e. The maximum Gasteiger partial charge on any atom is 0.238 e. The van der Waals surface area contributed by atoms with E-state index in [1.807, 2.05) is 13.8 Å². The van der Waals surface area contributed by atoms with Gasteiger partial charge in [-0.15, -0.1) is 0 Å². The molecule has 1 aromatic carbocycles. The highest BCUT2D eigenvalue weighted by Crippen LogP contribution is 2.48. The third-order valence-corrected chi connectivity index (χ3v) is 4.27. The van der Waals surface area contributed by atoms with Gasteiger partial charge in [-0.1, -0.05) is 0 Å². The van der Waals surface area contributed by atoms with Crippen LogP contribution in [0, 0.1) is 0 Å². The number of nitrogens with zero attached hydrogens (tertiary/aromatic N) is 1. The van der Waals surface area contributed by atoms with E-state index >= 15 is 0 Å². The van der Waals surface area contributed by atoms with Crippen LogP contribution in [0.4, 0.5) is 17.1 Å². The van der Waals surface area contributed by atoms with Gasteiger partial charge in [0.15, 0.2) is 8.46 Å². The molecule has 102 valence electrons. The van der Waals surface area contributed by atoms with Gasteiger partial charge in [0.25, 0.3) is 0 Å². The van der Waals surface area contributed by atoms with E-state index in [1.165, 1.54) is 0 Å². The van der Waals surface area contributed by atoms with E-state index in [1.54, 1.807) is 30.9 Å². The molecule has 1 aliphatic rings. The second kappa shape index (κ2) is 3.94. The number of hydrogen-bond donors (Lipinski definition) is 2. The average molecular weight is 279 g/mol. The van der Waals surface area contributed by atoms with Crippen LogP contribution in [0.15, 0.2) is 12.1 Å². The van der Waals surface area contributed by atoms with Crippen molar-refractivity contribution in [3.05, 3.63) is 17.7 Å². The van der Waals surface area contributed by atoms with Crippen molar-refractivity contribution in [3.63, 3.8) is 0 Å². The second-order valence-corrected chi connectivity index (χ2v) is 7.13. The Bertz CT molecular complexity index is 581. The minimum absolute atomic E-state index is 0.0964. The Balaban J connectivity index is 2.74. The lowest BCUT2D eigenvalue weighted by Gasteiger charge is -2.31. The van der Waals surface area contributed by atoms with Crippen molar-refractivity contribution in [1.82, 2.24) is 0 Å². The zero-order valence-electron chi connectivity index (χ0n) is 11.5. The molecule has 0 aliphatic carbocycles. The number of fused-ring (bicyclic) bond motifs is 1. The largest absolute Gasteiger partial charge is 0.397 e. The fraction of sp³-hybridized carbons (Fsp3) is 0.462. The third-order valence-electron chi connectivity index (χ3n) is 3.62. The quantitative estimate of drug-likeness (QED) is 0.643. The predicted octanol–water partition coefficient (Wildman–Crippen LogP) is 2.50. The molecular formula is C13H18N3O2P. The van der Waals surface area contributed by atoms with E-state index < -0.39 is 10.7 Å². The zero-order chi connectivity index (χ0) is 14.6. The maximum atomic E-state index is 12.6. The van der Waals surface area contributed by atoms with Gasteiger partial charge in [0, 0.05) is 0 Å². The molecule has 19 heavy (non-hydrogen) atoms. The van der Waals surface area contributed by atoms with Crippen molar-refractivity contribution < 1.29 is 9.36 Å². The van der Waals surface area contributed by atoms with E-state index in [4.69, 9.17) is 11.5 Å². The lowest BCUT2D eigenvalue weighted by molar-refractivity contribution is -0.122. The summed E-state index contributed by atoms with van der Waals surface area (Å²) in [5.74, 6) is -0.0964. The number of anilines is 3. The van der Waals surface area contributed by atoms with E-state index in [0.717, 1.165) is 5.56 Å². The summed E-state index contributed by atoms with van der Waals surface area (Å²) in [4.78, 5) is 14.2. The van der Waals surface area contributed by atoms with E-state index in [2.05, 4.69) is 0 Å². The van der Waals surface area contributed by atoms with Crippen LogP contribution in [0.2, 0.25) is 0 Å². The Hall–Kier alpha value is -1.61. The summed E-state index contributed by atoms with van der Waals surface area (Å²) < 4.78 is 11.4. The number of carbonyl (C=O) groups excluding carboxylic acids is 1. The van der Waals surface area contributed by atoms with Crippen molar-refractivity contribution >= 4 is 31.4 Å². The molecule has 0 bridgehead atoms. The Labute approximate surface area is 114 Å². The molecule has 1 heterocycles. The summed E-state index contributed by atoms with van der Waals surface area (Å²) in [7, 11) is -0.122. The number of nitrogens with two attached hydrogens (primary N) is 2. The molecule has 1 aromatic rings. The first-order valence-electron chi connectivity index (χ1n) is 6.01. The average Bonchev–Trinajstić information content (AvgIpc) is 2.50. The first-order valence-corrected chi connectivity index (χ1v) is 6.83. The Morgan fingerprint density at radius 1 is 1.21 bits per heavy atom. The normalized spacial score (nSPS) is 17.9. The van der Waals surface area contributed by atoms with Crippen LogP contribution in [0.25, 0.3) is 0 Å². The first kappa shape index (κ1) is 13.8. The van der Waals surface area contributed by atoms with Crippen LogP contribution < -0.4 is 16.4 Å².